The molecule has 0 bridgehead atoms. The fourth-order valence-electron chi connectivity index (χ4n) is 8.82. The molecule has 9 aromatic carbocycles. The summed E-state index contributed by atoms with van der Waals surface area (Å²) in [6.45, 7) is 0. The number of aromatic nitrogens is 4. The lowest BCUT2D eigenvalue weighted by Crippen LogP contribution is -2.06. The molecule has 12 aromatic rings. The Balaban J connectivity index is 0.953. The number of nitrogens with zero attached hydrogens (tertiary/aromatic N) is 4. The molecular formula is C57H36N4S. The summed E-state index contributed by atoms with van der Waals surface area (Å²) in [4.78, 5) is 15.5. The van der Waals surface area contributed by atoms with Gasteiger partial charge in [-0.25, -0.2) is 4.98 Å². The molecule has 0 fully saturated rings. The summed E-state index contributed by atoms with van der Waals surface area (Å²) < 4.78 is 4.75. The monoisotopic (exact) mass is 808 g/mol. The van der Waals surface area contributed by atoms with E-state index in [1.54, 1.807) is 0 Å². The Kier molecular flexibility index (Phi) is 8.65. The molecule has 0 saturated heterocycles. The zero-order valence-electron chi connectivity index (χ0n) is 33.5. The molecule has 3 aromatic heterocycles. The number of hydrogen-bond donors (Lipinski definition) is 0. The van der Waals surface area contributed by atoms with Crippen LogP contribution in [0, 0.1) is 0 Å². The van der Waals surface area contributed by atoms with Gasteiger partial charge in [0.25, 0.3) is 0 Å². The van der Waals surface area contributed by atoms with Crippen LogP contribution in [0.4, 0.5) is 0 Å². The first-order chi connectivity index (χ1) is 30.7. The molecule has 0 aliphatic heterocycles. The van der Waals surface area contributed by atoms with Crippen LogP contribution < -0.4 is 0 Å². The van der Waals surface area contributed by atoms with Gasteiger partial charge in [0, 0.05) is 42.1 Å². The standard InChI is InChI=1S/C57H36N4S/c1-4-14-37(15-5-1)42-20-12-21-43(34-42)44-31-33-53-50(35-44)49-24-13-23-46(54(49)62-53)39-26-28-41(29-27-39)56-58-55(40-18-8-3-9-19-40)59-57(60-56)61-51-25-11-10-22-47(51)48-32-30-45(36-52(48)61)38-16-6-2-7-17-38/h1-36H. The lowest BCUT2D eigenvalue weighted by atomic mass is 9.97. The predicted molar refractivity (Wildman–Crippen MR) is 260 cm³/mol. The van der Waals surface area contributed by atoms with E-state index in [0.29, 0.717) is 17.6 Å². The Morgan fingerprint density at radius 2 is 0.806 bits per heavy atom. The van der Waals surface area contributed by atoms with Crippen molar-refractivity contribution in [1.82, 2.24) is 19.5 Å². The van der Waals surface area contributed by atoms with Crippen molar-refractivity contribution in [2.75, 3.05) is 0 Å². The molecule has 3 heterocycles. The summed E-state index contributed by atoms with van der Waals surface area (Å²) in [5, 5.41) is 4.84. The second kappa shape index (κ2) is 14.9. The molecule has 0 atom stereocenters. The maximum absolute atomic E-state index is 5.25. The van der Waals surface area contributed by atoms with E-state index < -0.39 is 0 Å². The summed E-state index contributed by atoms with van der Waals surface area (Å²) >= 11 is 1.85. The van der Waals surface area contributed by atoms with Crippen molar-refractivity contribution in [3.05, 3.63) is 218 Å². The second-order valence-electron chi connectivity index (χ2n) is 15.6. The zero-order valence-corrected chi connectivity index (χ0v) is 34.3. The van der Waals surface area contributed by atoms with Crippen LogP contribution in [-0.4, -0.2) is 19.5 Å². The molecule has 0 amide bonds. The van der Waals surface area contributed by atoms with Crippen molar-refractivity contribution in [2.45, 2.75) is 0 Å². The Morgan fingerprint density at radius 3 is 1.53 bits per heavy atom. The molecule has 5 heteroatoms. The minimum atomic E-state index is 0.579. The van der Waals surface area contributed by atoms with Crippen LogP contribution in [0.3, 0.4) is 0 Å². The first-order valence-corrected chi connectivity index (χ1v) is 21.7. The smallest absolute Gasteiger partial charge is 0.238 e. The van der Waals surface area contributed by atoms with E-state index in [4.69, 9.17) is 15.0 Å². The van der Waals surface area contributed by atoms with Crippen LogP contribution in [0.1, 0.15) is 0 Å². The highest BCUT2D eigenvalue weighted by atomic mass is 32.1. The molecular weight excluding hydrogens is 773 g/mol. The SMILES string of the molecule is c1ccc(-c2cccc(-c3ccc4sc5c(-c6ccc(-c7nc(-c8ccccc8)nc(-n8c9ccccc9c9ccc(-c%10ccccc%10)cc98)n7)cc6)cccc5c4c3)c2)cc1. The van der Waals surface area contributed by atoms with Gasteiger partial charge in [-0.1, -0.05) is 188 Å². The fraction of sp³-hybridized carbons (Fsp3) is 0. The molecule has 0 aliphatic carbocycles. The summed E-state index contributed by atoms with van der Waals surface area (Å²) in [7, 11) is 0. The Labute approximate surface area is 362 Å². The molecule has 0 N–H and O–H groups in total. The van der Waals surface area contributed by atoms with E-state index in [9.17, 15) is 0 Å². The third-order valence-corrected chi connectivity index (χ3v) is 13.1. The van der Waals surface area contributed by atoms with Crippen LogP contribution in [-0.2, 0) is 0 Å². The van der Waals surface area contributed by atoms with Gasteiger partial charge >= 0.3 is 0 Å². The molecule has 62 heavy (non-hydrogen) atoms. The van der Waals surface area contributed by atoms with E-state index in [1.165, 1.54) is 48.0 Å². The molecule has 12 rings (SSSR count). The van der Waals surface area contributed by atoms with Crippen LogP contribution in [0.25, 0.3) is 115 Å². The van der Waals surface area contributed by atoms with Gasteiger partial charge in [-0.05, 0) is 74.8 Å². The molecule has 0 saturated carbocycles. The number of fused-ring (bicyclic) bond motifs is 6. The van der Waals surface area contributed by atoms with Gasteiger partial charge in [0.05, 0.1) is 11.0 Å². The topological polar surface area (TPSA) is 43.6 Å². The lowest BCUT2D eigenvalue weighted by Gasteiger charge is -2.12. The third kappa shape index (κ3) is 6.26. The highest BCUT2D eigenvalue weighted by Gasteiger charge is 2.19. The van der Waals surface area contributed by atoms with E-state index in [0.717, 1.165) is 49.6 Å². The maximum atomic E-state index is 5.25. The van der Waals surface area contributed by atoms with E-state index in [2.05, 4.69) is 205 Å². The first-order valence-electron chi connectivity index (χ1n) is 20.8. The van der Waals surface area contributed by atoms with Gasteiger partial charge in [-0.3, -0.25) is 4.57 Å². The zero-order chi connectivity index (χ0) is 41.0. The van der Waals surface area contributed by atoms with Crippen molar-refractivity contribution in [3.63, 3.8) is 0 Å². The molecule has 0 unspecified atom stereocenters. The number of thiophene rings is 1. The van der Waals surface area contributed by atoms with Gasteiger partial charge in [0.1, 0.15) is 0 Å². The Bertz CT molecular complexity index is 3610. The average molecular weight is 809 g/mol. The summed E-state index contributed by atoms with van der Waals surface area (Å²) in [6.07, 6.45) is 0. The van der Waals surface area contributed by atoms with Gasteiger partial charge in [-0.2, -0.15) is 9.97 Å². The van der Waals surface area contributed by atoms with Gasteiger partial charge in [-0.15, -0.1) is 11.3 Å². The predicted octanol–water partition coefficient (Wildman–Crippen LogP) is 15.3. The summed E-state index contributed by atoms with van der Waals surface area (Å²) in [5.41, 5.74) is 13.5. The highest BCUT2D eigenvalue weighted by molar-refractivity contribution is 7.26. The minimum absolute atomic E-state index is 0.579. The normalized spacial score (nSPS) is 11.5. The number of hydrogen-bond acceptors (Lipinski definition) is 4. The van der Waals surface area contributed by atoms with Crippen LogP contribution in [0.5, 0.6) is 0 Å². The first kappa shape index (κ1) is 35.9. The Morgan fingerprint density at radius 1 is 0.306 bits per heavy atom. The fourth-order valence-corrected chi connectivity index (χ4v) is 10.0. The number of para-hydroxylation sites is 1. The Hall–Kier alpha value is -7.99. The van der Waals surface area contributed by atoms with Crippen molar-refractivity contribution in [1.29, 1.82) is 0 Å². The van der Waals surface area contributed by atoms with Crippen molar-refractivity contribution >= 4 is 53.3 Å². The molecule has 290 valence electrons. The van der Waals surface area contributed by atoms with Gasteiger partial charge in [0.15, 0.2) is 11.6 Å². The van der Waals surface area contributed by atoms with E-state index >= 15 is 0 Å². The van der Waals surface area contributed by atoms with Gasteiger partial charge < -0.3 is 0 Å². The van der Waals surface area contributed by atoms with Crippen LogP contribution in [0.2, 0.25) is 0 Å². The third-order valence-electron chi connectivity index (χ3n) is 11.9. The van der Waals surface area contributed by atoms with Crippen molar-refractivity contribution in [3.8, 4) is 73.2 Å². The van der Waals surface area contributed by atoms with Crippen LogP contribution in [0.15, 0.2) is 218 Å². The quantitative estimate of drug-likeness (QED) is 0.161. The van der Waals surface area contributed by atoms with E-state index in [-0.39, 0.29) is 0 Å². The number of rotatable bonds is 7. The summed E-state index contributed by atoms with van der Waals surface area (Å²) in [5.74, 6) is 1.83. The molecule has 0 radical (unpaired) electrons. The van der Waals surface area contributed by atoms with Gasteiger partial charge in [0.2, 0.25) is 5.95 Å². The number of benzene rings is 9. The molecule has 0 aliphatic rings. The molecule has 4 nitrogen and oxygen atoms in total. The average Bonchev–Trinajstić information content (AvgIpc) is 3.90. The van der Waals surface area contributed by atoms with Crippen molar-refractivity contribution in [2.24, 2.45) is 0 Å². The maximum Gasteiger partial charge on any atom is 0.238 e. The van der Waals surface area contributed by atoms with E-state index in [1.807, 2.05) is 29.5 Å². The van der Waals surface area contributed by atoms with Crippen molar-refractivity contribution < 1.29 is 0 Å². The second-order valence-corrected chi connectivity index (χ2v) is 16.7. The van der Waals surface area contributed by atoms with Crippen LogP contribution >= 0.6 is 11.3 Å². The largest absolute Gasteiger partial charge is 0.278 e. The summed E-state index contributed by atoms with van der Waals surface area (Å²) in [6, 6.07) is 77.5. The highest BCUT2D eigenvalue weighted by Crippen LogP contribution is 2.42. The minimum Gasteiger partial charge on any atom is -0.278 e. The lowest BCUT2D eigenvalue weighted by molar-refractivity contribution is 0.953. The molecule has 0 spiro atoms.